The lowest BCUT2D eigenvalue weighted by molar-refractivity contribution is 0.238. The molecule has 3 aromatic rings. The number of hydrogen-bond donors (Lipinski definition) is 0. The summed E-state index contributed by atoms with van der Waals surface area (Å²) >= 11 is 0. The quantitative estimate of drug-likeness (QED) is 0.447. The predicted molar refractivity (Wildman–Crippen MR) is 100 cm³/mol. The first-order valence-corrected chi connectivity index (χ1v) is 8.86. The van der Waals surface area contributed by atoms with E-state index in [2.05, 4.69) is 68.4 Å². The highest BCUT2D eigenvalue weighted by molar-refractivity contribution is 6.05. The number of hydrogen-bond acceptors (Lipinski definition) is 1. The number of rotatable bonds is 7. The summed E-state index contributed by atoms with van der Waals surface area (Å²) in [6.45, 7) is 5.34. The molecule has 0 amide bonds. The lowest BCUT2D eigenvalue weighted by Crippen LogP contribution is -2.11. The fourth-order valence-corrected chi connectivity index (χ4v) is 3.23. The number of unbranched alkanes of at least 4 members (excludes halogenated alkanes) is 1. The Kier molecular flexibility index (Phi) is 5.17. The van der Waals surface area contributed by atoms with Gasteiger partial charge in [-0.1, -0.05) is 81.6 Å². The summed E-state index contributed by atoms with van der Waals surface area (Å²) < 4.78 is 6.38. The Labute approximate surface area is 139 Å². The maximum atomic E-state index is 6.38. The number of benzene rings is 3. The molecular weight excluding hydrogens is 280 g/mol. The van der Waals surface area contributed by atoms with Crippen LogP contribution in [0.25, 0.3) is 21.5 Å². The van der Waals surface area contributed by atoms with Crippen LogP contribution >= 0.6 is 0 Å². The van der Waals surface area contributed by atoms with Crippen LogP contribution in [0.4, 0.5) is 0 Å². The molecule has 1 unspecified atom stereocenters. The van der Waals surface area contributed by atoms with Crippen molar-refractivity contribution in [3.63, 3.8) is 0 Å². The van der Waals surface area contributed by atoms with Crippen LogP contribution in [-0.2, 0) is 0 Å². The average molecular weight is 306 g/mol. The van der Waals surface area contributed by atoms with E-state index in [9.17, 15) is 0 Å². The van der Waals surface area contributed by atoms with Crippen LogP contribution in [0.15, 0.2) is 54.6 Å². The second-order valence-electron chi connectivity index (χ2n) is 6.38. The Morgan fingerprint density at radius 2 is 1.48 bits per heavy atom. The van der Waals surface area contributed by atoms with Gasteiger partial charge in [0.15, 0.2) is 0 Å². The molecule has 120 valence electrons. The maximum absolute atomic E-state index is 6.38. The normalized spacial score (nSPS) is 12.6. The van der Waals surface area contributed by atoms with E-state index < -0.39 is 0 Å². The molecule has 0 aliphatic carbocycles. The van der Waals surface area contributed by atoms with Crippen molar-refractivity contribution in [3.05, 3.63) is 54.6 Å². The Morgan fingerprint density at radius 3 is 2.04 bits per heavy atom. The van der Waals surface area contributed by atoms with Gasteiger partial charge in [-0.2, -0.15) is 0 Å². The molecule has 0 bridgehead atoms. The second kappa shape index (κ2) is 7.50. The van der Waals surface area contributed by atoms with Gasteiger partial charge in [0.25, 0.3) is 0 Å². The van der Waals surface area contributed by atoms with Crippen LogP contribution < -0.4 is 4.74 Å². The summed E-state index contributed by atoms with van der Waals surface area (Å²) in [5.41, 5.74) is 0. The lowest BCUT2D eigenvalue weighted by Gasteiger charge is -2.18. The highest BCUT2D eigenvalue weighted by Gasteiger charge is 2.12. The molecule has 0 heterocycles. The topological polar surface area (TPSA) is 9.23 Å². The number of fused-ring (bicyclic) bond motifs is 2. The van der Waals surface area contributed by atoms with E-state index in [1.54, 1.807) is 0 Å². The summed E-state index contributed by atoms with van der Waals surface area (Å²) in [5.74, 6) is 1.70. The van der Waals surface area contributed by atoms with Crippen LogP contribution in [0.3, 0.4) is 0 Å². The van der Waals surface area contributed by atoms with Gasteiger partial charge in [0.2, 0.25) is 0 Å². The summed E-state index contributed by atoms with van der Waals surface area (Å²) in [4.78, 5) is 0. The van der Waals surface area contributed by atoms with E-state index in [0.29, 0.717) is 5.92 Å². The van der Waals surface area contributed by atoms with Crippen molar-refractivity contribution in [2.24, 2.45) is 5.92 Å². The lowest BCUT2D eigenvalue weighted by atomic mass is 10.00. The van der Waals surface area contributed by atoms with E-state index >= 15 is 0 Å². The molecule has 0 aliphatic rings. The molecule has 0 fully saturated rings. The first-order chi connectivity index (χ1) is 11.3. The van der Waals surface area contributed by atoms with Crippen molar-refractivity contribution < 1.29 is 4.74 Å². The summed E-state index contributed by atoms with van der Waals surface area (Å²) in [5, 5.41) is 4.94. The molecule has 23 heavy (non-hydrogen) atoms. The third kappa shape index (κ3) is 3.50. The molecule has 0 saturated heterocycles. The van der Waals surface area contributed by atoms with Gasteiger partial charge in [0.05, 0.1) is 6.61 Å². The molecule has 3 rings (SSSR count). The molecule has 0 radical (unpaired) electrons. The van der Waals surface area contributed by atoms with E-state index in [0.717, 1.165) is 12.4 Å². The van der Waals surface area contributed by atoms with Gasteiger partial charge in [0, 0.05) is 10.8 Å². The van der Waals surface area contributed by atoms with Gasteiger partial charge in [-0.3, -0.25) is 0 Å². The molecule has 0 saturated carbocycles. The molecule has 3 aromatic carbocycles. The zero-order chi connectivity index (χ0) is 16.1. The van der Waals surface area contributed by atoms with E-state index in [4.69, 9.17) is 4.74 Å². The van der Waals surface area contributed by atoms with Crippen molar-refractivity contribution in [1.82, 2.24) is 0 Å². The van der Waals surface area contributed by atoms with Crippen LogP contribution in [0.2, 0.25) is 0 Å². The fraction of sp³-hybridized carbons (Fsp3) is 0.364. The molecule has 0 aliphatic heterocycles. The summed E-state index contributed by atoms with van der Waals surface area (Å²) in [6.07, 6.45) is 4.99. The molecule has 0 N–H and O–H groups in total. The Balaban J connectivity index is 1.96. The van der Waals surface area contributed by atoms with Gasteiger partial charge in [0.1, 0.15) is 5.75 Å². The third-order valence-electron chi connectivity index (χ3n) is 4.73. The molecule has 1 nitrogen and oxygen atoms in total. The van der Waals surface area contributed by atoms with Crippen molar-refractivity contribution in [2.75, 3.05) is 6.61 Å². The van der Waals surface area contributed by atoms with Crippen LogP contribution in [0.1, 0.15) is 39.5 Å². The first-order valence-electron chi connectivity index (χ1n) is 8.86. The minimum Gasteiger partial charge on any atom is -0.492 e. The fourth-order valence-electron chi connectivity index (χ4n) is 3.23. The SMILES string of the molecule is CCCCC(CC)COc1c2ccccc2cc2ccccc12. The van der Waals surface area contributed by atoms with E-state index in [-0.39, 0.29) is 0 Å². The van der Waals surface area contributed by atoms with Crippen LogP contribution in [0, 0.1) is 5.92 Å². The van der Waals surface area contributed by atoms with Gasteiger partial charge in [-0.05, 0) is 29.2 Å². The molecule has 1 atom stereocenters. The third-order valence-corrected chi connectivity index (χ3v) is 4.73. The Bertz CT molecular complexity index is 721. The standard InChI is InChI=1S/C22H26O/c1-3-5-10-17(4-2)16-23-22-20-13-8-6-11-18(20)15-19-12-7-9-14-21(19)22/h6-9,11-15,17H,3-5,10,16H2,1-2H3. The van der Waals surface area contributed by atoms with Gasteiger partial charge in [-0.25, -0.2) is 0 Å². The zero-order valence-corrected chi connectivity index (χ0v) is 14.2. The predicted octanol–water partition coefficient (Wildman–Crippen LogP) is 6.59. The Morgan fingerprint density at radius 1 is 0.870 bits per heavy atom. The van der Waals surface area contributed by atoms with Crippen molar-refractivity contribution in [2.45, 2.75) is 39.5 Å². The zero-order valence-electron chi connectivity index (χ0n) is 14.2. The van der Waals surface area contributed by atoms with Crippen molar-refractivity contribution in [1.29, 1.82) is 0 Å². The molecule has 1 heteroatoms. The van der Waals surface area contributed by atoms with Crippen LogP contribution in [-0.4, -0.2) is 6.61 Å². The molecule has 0 spiro atoms. The first kappa shape index (κ1) is 15.9. The highest BCUT2D eigenvalue weighted by Crippen LogP contribution is 2.35. The van der Waals surface area contributed by atoms with Gasteiger partial charge < -0.3 is 4.74 Å². The molecule has 0 aromatic heterocycles. The van der Waals surface area contributed by atoms with Crippen molar-refractivity contribution in [3.8, 4) is 5.75 Å². The highest BCUT2D eigenvalue weighted by atomic mass is 16.5. The largest absolute Gasteiger partial charge is 0.492 e. The molecular formula is C22H26O. The van der Waals surface area contributed by atoms with Gasteiger partial charge in [-0.15, -0.1) is 0 Å². The van der Waals surface area contributed by atoms with E-state index in [1.807, 2.05) is 0 Å². The van der Waals surface area contributed by atoms with Gasteiger partial charge >= 0.3 is 0 Å². The smallest absolute Gasteiger partial charge is 0.134 e. The van der Waals surface area contributed by atoms with E-state index in [1.165, 1.54) is 47.2 Å². The number of ether oxygens (including phenoxy) is 1. The second-order valence-corrected chi connectivity index (χ2v) is 6.38. The minimum absolute atomic E-state index is 0.646. The van der Waals surface area contributed by atoms with Crippen LogP contribution in [0.5, 0.6) is 5.75 Å². The summed E-state index contributed by atoms with van der Waals surface area (Å²) in [6, 6.07) is 19.3. The van der Waals surface area contributed by atoms with Crippen molar-refractivity contribution >= 4 is 21.5 Å². The Hall–Kier alpha value is -2.02. The maximum Gasteiger partial charge on any atom is 0.134 e. The monoisotopic (exact) mass is 306 g/mol. The summed E-state index contributed by atoms with van der Waals surface area (Å²) in [7, 11) is 0. The minimum atomic E-state index is 0.646. The average Bonchev–Trinajstić information content (AvgIpc) is 2.61.